The highest BCUT2D eigenvalue weighted by molar-refractivity contribution is 6.17. The molecule has 0 bridgehead atoms. The number of hydrogen-bond acceptors (Lipinski definition) is 2. The number of aliphatic hydroxyl groups is 1. The van der Waals surface area contributed by atoms with Gasteiger partial charge in [0, 0.05) is 22.9 Å². The van der Waals surface area contributed by atoms with Crippen LogP contribution >= 0.6 is 0 Å². The second-order valence-corrected chi connectivity index (χ2v) is 7.26. The average molecular weight is 379 g/mol. The van der Waals surface area contributed by atoms with E-state index in [-0.39, 0.29) is 6.61 Å². The molecule has 0 aliphatic carbocycles. The third kappa shape index (κ3) is 2.85. The number of aliphatic hydroxyl groups excluding tert-OH is 1. The van der Waals surface area contributed by atoms with Gasteiger partial charge in [0.1, 0.15) is 0 Å². The number of primary amides is 1. The van der Waals surface area contributed by atoms with Crippen LogP contribution in [0.1, 0.15) is 21.5 Å². The normalized spacial score (nSPS) is 11.5. The summed E-state index contributed by atoms with van der Waals surface area (Å²) in [4.78, 5) is 12.1. The predicted molar refractivity (Wildman–Crippen MR) is 116 cm³/mol. The summed E-state index contributed by atoms with van der Waals surface area (Å²) in [5.41, 5.74) is 9.92. The van der Waals surface area contributed by atoms with Crippen molar-refractivity contribution >= 4 is 38.5 Å². The molecule has 5 rings (SSSR count). The fraction of sp³-hybridized carbons (Fsp3) is 0.0800. The van der Waals surface area contributed by atoms with Crippen molar-refractivity contribution in [1.29, 1.82) is 0 Å². The molecule has 141 valence electrons. The van der Waals surface area contributed by atoms with Crippen LogP contribution in [0.2, 0.25) is 0 Å². The highest BCUT2D eigenvalue weighted by Crippen LogP contribution is 2.33. The van der Waals surface area contributed by atoms with Crippen LogP contribution in [-0.4, -0.2) is 15.6 Å². The fourth-order valence-corrected chi connectivity index (χ4v) is 4.09. The van der Waals surface area contributed by atoms with Crippen LogP contribution < -0.4 is 5.73 Å². The Bertz CT molecular complexity index is 1400. The summed E-state index contributed by atoms with van der Waals surface area (Å²) >= 11 is 0. The number of amides is 1. The SMILES string of the molecule is NC(=O)c1cccc2c1c1[c]cc(CO)cc1n2Cc1ccc2ccccc2c1. The van der Waals surface area contributed by atoms with Gasteiger partial charge in [-0.05, 0) is 58.3 Å². The highest BCUT2D eigenvalue weighted by atomic mass is 16.3. The van der Waals surface area contributed by atoms with Crippen LogP contribution in [0.15, 0.2) is 72.8 Å². The molecule has 0 aliphatic heterocycles. The zero-order valence-corrected chi connectivity index (χ0v) is 15.7. The van der Waals surface area contributed by atoms with Gasteiger partial charge >= 0.3 is 0 Å². The van der Waals surface area contributed by atoms with Gasteiger partial charge in [-0.2, -0.15) is 0 Å². The quantitative estimate of drug-likeness (QED) is 0.486. The summed E-state index contributed by atoms with van der Waals surface area (Å²) in [6, 6.07) is 27.3. The Balaban J connectivity index is 1.78. The molecule has 0 aliphatic rings. The third-order valence-electron chi connectivity index (χ3n) is 5.46. The maximum atomic E-state index is 12.1. The van der Waals surface area contributed by atoms with Crippen LogP contribution in [-0.2, 0) is 13.2 Å². The van der Waals surface area contributed by atoms with Crippen molar-refractivity contribution < 1.29 is 9.90 Å². The van der Waals surface area contributed by atoms with Gasteiger partial charge in [0.25, 0.3) is 0 Å². The second kappa shape index (κ2) is 6.76. The molecule has 29 heavy (non-hydrogen) atoms. The fourth-order valence-electron chi connectivity index (χ4n) is 4.09. The minimum absolute atomic E-state index is 0.0629. The number of aromatic nitrogens is 1. The van der Waals surface area contributed by atoms with E-state index in [1.807, 2.05) is 30.3 Å². The van der Waals surface area contributed by atoms with Gasteiger partial charge in [0.15, 0.2) is 0 Å². The van der Waals surface area contributed by atoms with Gasteiger partial charge in [0.05, 0.1) is 17.6 Å². The molecule has 1 amide bonds. The summed E-state index contributed by atoms with van der Waals surface area (Å²) in [7, 11) is 0. The van der Waals surface area contributed by atoms with E-state index >= 15 is 0 Å². The van der Waals surface area contributed by atoms with Crippen molar-refractivity contribution in [1.82, 2.24) is 4.57 Å². The average Bonchev–Trinajstić information content (AvgIpc) is 3.06. The van der Waals surface area contributed by atoms with Crippen LogP contribution in [0.3, 0.4) is 0 Å². The molecule has 0 saturated carbocycles. The summed E-state index contributed by atoms with van der Waals surface area (Å²) in [6.07, 6.45) is 0. The molecule has 5 aromatic rings. The molecule has 3 N–H and O–H groups in total. The standard InChI is InChI=1S/C25H19N2O2/c26-25(29)21-6-3-7-22-24(21)20-11-9-17(15-28)13-23(20)27(22)14-16-8-10-18-4-1-2-5-19(18)12-16/h1-10,12-13,28H,14-15H2,(H2,26,29). The van der Waals surface area contributed by atoms with Gasteiger partial charge in [-0.15, -0.1) is 0 Å². The number of carbonyl (C=O) groups is 1. The lowest BCUT2D eigenvalue weighted by molar-refractivity contribution is 0.100. The van der Waals surface area contributed by atoms with E-state index in [4.69, 9.17) is 5.73 Å². The molecule has 0 fully saturated rings. The molecule has 0 unspecified atom stereocenters. The largest absolute Gasteiger partial charge is 0.392 e. The van der Waals surface area contributed by atoms with Crippen LogP contribution in [0.5, 0.6) is 0 Å². The summed E-state index contributed by atoms with van der Waals surface area (Å²) in [5.74, 6) is -0.458. The maximum Gasteiger partial charge on any atom is 0.249 e. The summed E-state index contributed by atoms with van der Waals surface area (Å²) in [5, 5.41) is 13.6. The van der Waals surface area contributed by atoms with Gasteiger partial charge in [0.2, 0.25) is 5.91 Å². The lowest BCUT2D eigenvalue weighted by atomic mass is 10.0. The monoisotopic (exact) mass is 379 g/mol. The minimum atomic E-state index is -0.458. The van der Waals surface area contributed by atoms with Crippen LogP contribution in [0.4, 0.5) is 0 Å². The van der Waals surface area contributed by atoms with Gasteiger partial charge < -0.3 is 15.4 Å². The Morgan fingerprint density at radius 3 is 2.55 bits per heavy atom. The summed E-state index contributed by atoms with van der Waals surface area (Å²) in [6.45, 7) is 0.572. The minimum Gasteiger partial charge on any atom is -0.392 e. The molecule has 0 saturated heterocycles. The number of nitrogens with zero attached hydrogens (tertiary/aromatic N) is 1. The Morgan fingerprint density at radius 2 is 1.76 bits per heavy atom. The molecule has 0 spiro atoms. The Morgan fingerprint density at radius 1 is 0.931 bits per heavy atom. The Kier molecular flexibility index (Phi) is 4.07. The van der Waals surface area contributed by atoms with Crippen molar-refractivity contribution in [3.8, 4) is 0 Å². The second-order valence-electron chi connectivity index (χ2n) is 7.26. The maximum absolute atomic E-state index is 12.1. The van der Waals surface area contributed by atoms with E-state index in [0.717, 1.165) is 32.9 Å². The topological polar surface area (TPSA) is 68.2 Å². The van der Waals surface area contributed by atoms with Crippen LogP contribution in [0.25, 0.3) is 32.6 Å². The molecular formula is C25H19N2O2. The Labute approximate surface area is 167 Å². The highest BCUT2D eigenvalue weighted by Gasteiger charge is 2.17. The smallest absolute Gasteiger partial charge is 0.249 e. The molecule has 4 aromatic carbocycles. The molecule has 1 heterocycles. The van der Waals surface area contributed by atoms with Gasteiger partial charge in [-0.3, -0.25) is 4.79 Å². The molecule has 1 aromatic heterocycles. The first-order valence-corrected chi connectivity index (χ1v) is 9.49. The van der Waals surface area contributed by atoms with E-state index in [2.05, 4.69) is 41.0 Å². The zero-order chi connectivity index (χ0) is 20.0. The number of benzene rings is 4. The van der Waals surface area contributed by atoms with Crippen molar-refractivity contribution in [2.45, 2.75) is 13.2 Å². The summed E-state index contributed by atoms with van der Waals surface area (Å²) < 4.78 is 2.16. The Hall–Kier alpha value is -3.63. The van der Waals surface area contributed by atoms with Crippen molar-refractivity contribution in [3.05, 3.63) is 95.6 Å². The van der Waals surface area contributed by atoms with E-state index < -0.39 is 5.91 Å². The first kappa shape index (κ1) is 17.5. The van der Waals surface area contributed by atoms with Crippen LogP contribution in [0, 0.1) is 6.07 Å². The lowest BCUT2D eigenvalue weighted by Crippen LogP contribution is -2.11. The lowest BCUT2D eigenvalue weighted by Gasteiger charge is -2.10. The first-order chi connectivity index (χ1) is 14.2. The number of rotatable bonds is 4. The number of hydrogen-bond donors (Lipinski definition) is 2. The zero-order valence-electron chi connectivity index (χ0n) is 15.7. The number of carbonyl (C=O) groups excluding carboxylic acids is 1. The van der Waals surface area contributed by atoms with E-state index in [1.165, 1.54) is 10.8 Å². The predicted octanol–water partition coefficient (Wildman–Crippen LogP) is 4.39. The number of nitrogens with two attached hydrogens (primary N) is 1. The van der Waals surface area contributed by atoms with Gasteiger partial charge in [-0.25, -0.2) is 0 Å². The van der Waals surface area contributed by atoms with Crippen molar-refractivity contribution in [2.75, 3.05) is 0 Å². The molecule has 1 radical (unpaired) electrons. The molecule has 0 atom stereocenters. The van der Waals surface area contributed by atoms with E-state index in [9.17, 15) is 9.90 Å². The third-order valence-corrected chi connectivity index (χ3v) is 5.46. The number of fused-ring (bicyclic) bond motifs is 4. The molecule has 4 nitrogen and oxygen atoms in total. The molecular weight excluding hydrogens is 360 g/mol. The molecule has 4 heteroatoms. The van der Waals surface area contributed by atoms with Crippen molar-refractivity contribution in [2.24, 2.45) is 5.73 Å². The van der Waals surface area contributed by atoms with E-state index in [0.29, 0.717) is 12.1 Å². The van der Waals surface area contributed by atoms with E-state index in [1.54, 1.807) is 12.1 Å². The van der Waals surface area contributed by atoms with Crippen molar-refractivity contribution in [3.63, 3.8) is 0 Å². The first-order valence-electron chi connectivity index (χ1n) is 9.49. The van der Waals surface area contributed by atoms with Gasteiger partial charge in [-0.1, -0.05) is 42.5 Å².